The summed E-state index contributed by atoms with van der Waals surface area (Å²) in [6, 6.07) is 0. The Labute approximate surface area is 179 Å². The monoisotopic (exact) mass is 478 g/mol. The molecule has 4 fully saturated rings. The number of aliphatic hydroxyl groups excluding tert-OH is 2. The van der Waals surface area contributed by atoms with E-state index >= 15 is 0 Å². The van der Waals surface area contributed by atoms with E-state index in [0.717, 1.165) is 26.4 Å². The molecule has 0 unspecified atom stereocenters. The minimum Gasteiger partial charge on any atom is -0.394 e. The largest absolute Gasteiger partial charge is 0.394 e. The van der Waals surface area contributed by atoms with Crippen LogP contribution in [0.15, 0.2) is 0 Å². The van der Waals surface area contributed by atoms with Gasteiger partial charge in [0.1, 0.15) is 0 Å². The summed E-state index contributed by atoms with van der Waals surface area (Å²) in [6.07, 6.45) is 0.855. The molecule has 5 atom stereocenters. The Balaban J connectivity index is 0.000000301. The average Bonchev–Trinajstić information content (AvgIpc) is 3.58. The summed E-state index contributed by atoms with van der Waals surface area (Å²) in [7, 11) is 0. The zero-order chi connectivity index (χ0) is 19.8. The number of ether oxygens (including phenoxy) is 4. The summed E-state index contributed by atoms with van der Waals surface area (Å²) in [5, 5.41) is 16.3. The fraction of sp³-hybridized carbons (Fsp3) is 1.00. The van der Waals surface area contributed by atoms with Crippen LogP contribution in [0.2, 0.25) is 0 Å². The van der Waals surface area contributed by atoms with Crippen molar-refractivity contribution in [3.8, 4) is 0 Å². The maximum atomic E-state index is 8.28. The molecule has 26 heavy (non-hydrogen) atoms. The predicted octanol–water partition coefficient (Wildman–Crippen LogP) is 2.07. The Hall–Kier alpha value is 1.21. The molecule has 0 amide bonds. The van der Waals surface area contributed by atoms with Crippen LogP contribution >= 0.6 is 58.0 Å². The lowest BCUT2D eigenvalue weighted by Gasteiger charge is -1.95. The van der Waals surface area contributed by atoms with Crippen LogP contribution in [-0.4, -0.2) is 103 Å². The highest BCUT2D eigenvalue weighted by Gasteiger charge is 2.21. The summed E-state index contributed by atoms with van der Waals surface area (Å²) in [6.45, 7) is 3.27. The number of alkyl halides is 5. The summed E-state index contributed by atoms with van der Waals surface area (Å²) < 4.78 is 18.9. The second-order valence-electron chi connectivity index (χ2n) is 5.43. The van der Waals surface area contributed by atoms with Gasteiger partial charge in [-0.05, 0) is 0 Å². The Morgan fingerprint density at radius 2 is 0.885 bits per heavy atom. The van der Waals surface area contributed by atoms with Gasteiger partial charge in [-0.15, -0.1) is 58.0 Å². The van der Waals surface area contributed by atoms with Crippen LogP contribution in [-0.2, 0) is 18.9 Å². The molecule has 4 aliphatic rings. The number of halogens is 5. The molecule has 0 spiro atoms. The third-order valence-corrected chi connectivity index (χ3v) is 4.42. The van der Waals surface area contributed by atoms with E-state index in [-0.39, 0.29) is 12.5 Å². The molecule has 0 aromatic heterocycles. The van der Waals surface area contributed by atoms with E-state index in [2.05, 4.69) is 0 Å². The molecule has 0 radical (unpaired) electrons. The lowest BCUT2D eigenvalue weighted by atomic mass is 10.5. The number of aliphatic hydroxyl groups is 2. The number of hydrogen-bond donors (Lipinski definition) is 2. The molecule has 4 heterocycles. The maximum absolute atomic E-state index is 8.28. The zero-order valence-electron chi connectivity index (χ0n) is 14.4. The first-order valence-electron chi connectivity index (χ1n) is 8.09. The fourth-order valence-electron chi connectivity index (χ4n) is 0.677. The lowest BCUT2D eigenvalue weighted by Crippen LogP contribution is -2.12. The first kappa shape index (κ1) is 27.2. The van der Waals surface area contributed by atoms with Gasteiger partial charge in [0, 0.05) is 0 Å². The van der Waals surface area contributed by atoms with E-state index in [1.54, 1.807) is 0 Å². The van der Waals surface area contributed by atoms with Crippen LogP contribution in [0.25, 0.3) is 0 Å². The minimum absolute atomic E-state index is 0.108. The van der Waals surface area contributed by atoms with Crippen molar-refractivity contribution >= 4 is 58.0 Å². The highest BCUT2D eigenvalue weighted by Crippen LogP contribution is 2.10. The van der Waals surface area contributed by atoms with E-state index in [9.17, 15) is 0 Å². The lowest BCUT2D eigenvalue weighted by molar-refractivity contribution is 0.112. The second kappa shape index (κ2) is 18.3. The topological polar surface area (TPSA) is 90.6 Å². The molecule has 6 nitrogen and oxygen atoms in total. The van der Waals surface area contributed by atoms with Crippen molar-refractivity contribution in [1.29, 1.82) is 0 Å². The molecule has 0 bridgehead atoms. The molecule has 4 rings (SSSR count). The van der Waals surface area contributed by atoms with Crippen LogP contribution < -0.4 is 0 Å². The molecule has 0 aromatic rings. The molecule has 158 valence electrons. The van der Waals surface area contributed by atoms with Crippen LogP contribution in [0.3, 0.4) is 0 Å². The van der Waals surface area contributed by atoms with E-state index in [1.807, 2.05) is 0 Å². The molecule has 0 aromatic carbocycles. The zero-order valence-corrected chi connectivity index (χ0v) is 18.2. The summed E-state index contributed by atoms with van der Waals surface area (Å²) >= 11 is 26.1. The van der Waals surface area contributed by atoms with E-state index in [4.69, 9.17) is 87.2 Å². The van der Waals surface area contributed by atoms with Gasteiger partial charge in [-0.1, -0.05) is 0 Å². The van der Waals surface area contributed by atoms with E-state index in [0.29, 0.717) is 47.9 Å². The van der Waals surface area contributed by atoms with Gasteiger partial charge in [0.2, 0.25) is 0 Å². The Morgan fingerprint density at radius 3 is 0.885 bits per heavy atom. The molecular formula is C15H27Cl5O6. The first-order valence-corrected chi connectivity index (χ1v) is 10.8. The van der Waals surface area contributed by atoms with E-state index in [1.165, 1.54) is 0 Å². The van der Waals surface area contributed by atoms with Crippen LogP contribution in [0.5, 0.6) is 0 Å². The van der Waals surface area contributed by atoms with Gasteiger partial charge < -0.3 is 29.2 Å². The number of hydrogen-bond acceptors (Lipinski definition) is 6. The Bertz CT molecular complexity index is 250. The third-order valence-electron chi connectivity index (χ3n) is 2.69. The van der Waals surface area contributed by atoms with Crippen molar-refractivity contribution in [2.24, 2.45) is 0 Å². The van der Waals surface area contributed by atoms with Crippen LogP contribution in [0, 0.1) is 0 Å². The van der Waals surface area contributed by atoms with Gasteiger partial charge in [-0.2, -0.15) is 0 Å². The maximum Gasteiger partial charge on any atom is 0.0944 e. The average molecular weight is 481 g/mol. The number of rotatable bonds is 6. The van der Waals surface area contributed by atoms with Gasteiger partial charge in [0.15, 0.2) is 0 Å². The second-order valence-corrected chi connectivity index (χ2v) is 6.97. The molecule has 4 aliphatic heterocycles. The summed E-state index contributed by atoms with van der Waals surface area (Å²) in [4.78, 5) is 0. The highest BCUT2D eigenvalue weighted by atomic mass is 35.5. The standard InChI is InChI=1S/C3H7ClO2.4C3H5ClO/c4-1-3(6)2-5;4*4-1-3-2-5-3/h3,5-6H,1-2H2;4*3H,1-2H2/t5*3-/m01111/s1. The fourth-order valence-corrected chi connectivity index (χ4v) is 1.49. The SMILES string of the molecule is ClC[C@@H]1CO1.ClC[C@@H]1CO1.ClC[C@@H]1CO1.ClC[C@@H]1CO1.OC[C@@H](O)CCl. The molecule has 2 N–H and O–H groups in total. The van der Waals surface area contributed by atoms with Crippen molar-refractivity contribution in [3.05, 3.63) is 0 Å². The normalized spacial score (nSPS) is 29.7. The molecular weight excluding hydrogens is 453 g/mol. The van der Waals surface area contributed by atoms with Crippen LogP contribution in [0.4, 0.5) is 0 Å². The Morgan fingerprint density at radius 1 is 0.654 bits per heavy atom. The van der Waals surface area contributed by atoms with Gasteiger partial charge in [0.05, 0.1) is 93.0 Å². The van der Waals surface area contributed by atoms with Crippen molar-refractivity contribution in [3.63, 3.8) is 0 Å². The van der Waals surface area contributed by atoms with Crippen molar-refractivity contribution in [2.75, 3.05) is 62.4 Å². The highest BCUT2D eigenvalue weighted by molar-refractivity contribution is 6.19. The summed E-state index contributed by atoms with van der Waals surface area (Å²) in [5.41, 5.74) is 0. The summed E-state index contributed by atoms with van der Waals surface area (Å²) in [5.74, 6) is 2.77. The third kappa shape index (κ3) is 23.2. The van der Waals surface area contributed by atoms with Crippen LogP contribution in [0.1, 0.15) is 0 Å². The van der Waals surface area contributed by atoms with Gasteiger partial charge in [-0.3, -0.25) is 0 Å². The molecule has 0 aliphatic carbocycles. The van der Waals surface area contributed by atoms with Crippen molar-refractivity contribution < 1.29 is 29.2 Å². The van der Waals surface area contributed by atoms with E-state index < -0.39 is 6.10 Å². The predicted molar refractivity (Wildman–Crippen MR) is 106 cm³/mol. The molecule has 11 heteroatoms. The quantitative estimate of drug-likeness (QED) is 0.447. The minimum atomic E-state index is -0.744. The Kier molecular flexibility index (Phi) is 19.1. The van der Waals surface area contributed by atoms with Crippen molar-refractivity contribution in [2.45, 2.75) is 30.5 Å². The smallest absolute Gasteiger partial charge is 0.0944 e. The molecule has 0 saturated carbocycles. The van der Waals surface area contributed by atoms with Gasteiger partial charge in [0.25, 0.3) is 0 Å². The number of epoxide rings is 4. The van der Waals surface area contributed by atoms with Gasteiger partial charge in [-0.25, -0.2) is 0 Å². The molecule has 4 saturated heterocycles. The first-order chi connectivity index (χ1) is 12.5. The van der Waals surface area contributed by atoms with Crippen molar-refractivity contribution in [1.82, 2.24) is 0 Å². The van der Waals surface area contributed by atoms with Gasteiger partial charge >= 0.3 is 0 Å².